The van der Waals surface area contributed by atoms with Gasteiger partial charge in [-0.1, -0.05) is 0 Å². The van der Waals surface area contributed by atoms with E-state index in [9.17, 15) is 9.59 Å². The van der Waals surface area contributed by atoms with E-state index in [0.717, 1.165) is 24.2 Å². The van der Waals surface area contributed by atoms with Crippen molar-refractivity contribution in [3.63, 3.8) is 0 Å². The van der Waals surface area contributed by atoms with Gasteiger partial charge in [0.05, 0.1) is 12.8 Å². The normalized spacial score (nSPS) is 17.1. The maximum Gasteiger partial charge on any atom is 0.303 e. The molecule has 1 aromatic carbocycles. The smallest absolute Gasteiger partial charge is 0.303 e. The Morgan fingerprint density at radius 2 is 2.12 bits per heavy atom. The van der Waals surface area contributed by atoms with Gasteiger partial charge in [-0.3, -0.25) is 14.7 Å². The Labute approximate surface area is 152 Å². The van der Waals surface area contributed by atoms with Crippen LogP contribution in [0.4, 0.5) is 0 Å². The van der Waals surface area contributed by atoms with Gasteiger partial charge < -0.3 is 14.7 Å². The Bertz CT molecular complexity index is 769. The molecule has 0 radical (unpaired) electrons. The van der Waals surface area contributed by atoms with E-state index < -0.39 is 5.97 Å². The number of aromatic amines is 1. The fourth-order valence-electron chi connectivity index (χ4n) is 3.32. The lowest BCUT2D eigenvalue weighted by Gasteiger charge is -2.32. The van der Waals surface area contributed by atoms with E-state index in [-0.39, 0.29) is 18.2 Å². The minimum atomic E-state index is -0.786. The van der Waals surface area contributed by atoms with Gasteiger partial charge in [0.1, 0.15) is 11.4 Å². The first-order valence-electron chi connectivity index (χ1n) is 8.77. The first-order valence-corrected chi connectivity index (χ1v) is 8.77. The number of aromatic nitrogens is 2. The number of carboxylic acids is 1. The monoisotopic (exact) mass is 357 g/mol. The number of ether oxygens (including phenoxy) is 1. The van der Waals surface area contributed by atoms with Crippen molar-refractivity contribution < 1.29 is 19.4 Å². The molecule has 0 bridgehead atoms. The van der Waals surface area contributed by atoms with Crippen molar-refractivity contribution in [2.75, 3.05) is 20.2 Å². The summed E-state index contributed by atoms with van der Waals surface area (Å²) in [7, 11) is 1.61. The molecule has 26 heavy (non-hydrogen) atoms. The predicted molar refractivity (Wildman–Crippen MR) is 96.1 cm³/mol. The molecule has 7 heteroatoms. The van der Waals surface area contributed by atoms with Gasteiger partial charge in [-0.15, -0.1) is 0 Å². The number of carbonyl (C=O) groups is 2. The van der Waals surface area contributed by atoms with Crippen molar-refractivity contribution in [2.24, 2.45) is 5.92 Å². The van der Waals surface area contributed by atoms with Crippen molar-refractivity contribution >= 4 is 11.9 Å². The summed E-state index contributed by atoms with van der Waals surface area (Å²) in [6.45, 7) is 1.29. The van der Waals surface area contributed by atoms with Crippen molar-refractivity contribution in [3.05, 3.63) is 36.0 Å². The molecule has 1 fully saturated rings. The van der Waals surface area contributed by atoms with E-state index in [1.807, 2.05) is 24.3 Å². The molecule has 1 atom stereocenters. The van der Waals surface area contributed by atoms with Crippen LogP contribution in [0, 0.1) is 5.92 Å². The van der Waals surface area contributed by atoms with Crippen LogP contribution in [0.2, 0.25) is 0 Å². The third-order valence-corrected chi connectivity index (χ3v) is 4.77. The van der Waals surface area contributed by atoms with Crippen molar-refractivity contribution in [1.82, 2.24) is 15.1 Å². The summed E-state index contributed by atoms with van der Waals surface area (Å²) >= 11 is 0. The van der Waals surface area contributed by atoms with Gasteiger partial charge in [0, 0.05) is 25.1 Å². The maximum absolute atomic E-state index is 12.7. The molecule has 1 saturated heterocycles. The second kappa shape index (κ2) is 8.03. The third kappa shape index (κ3) is 4.22. The number of likely N-dealkylation sites (tertiary alicyclic amines) is 1. The molecular formula is C19H23N3O4. The Morgan fingerprint density at radius 1 is 1.35 bits per heavy atom. The highest BCUT2D eigenvalue weighted by molar-refractivity contribution is 5.93. The van der Waals surface area contributed by atoms with Gasteiger partial charge in [0.25, 0.3) is 5.91 Å². The van der Waals surface area contributed by atoms with E-state index in [1.165, 1.54) is 0 Å². The molecule has 0 saturated carbocycles. The molecule has 1 aromatic heterocycles. The number of amides is 1. The van der Waals surface area contributed by atoms with E-state index in [4.69, 9.17) is 9.84 Å². The minimum Gasteiger partial charge on any atom is -0.497 e. The number of aliphatic carboxylic acids is 1. The Balaban J connectivity index is 1.66. The van der Waals surface area contributed by atoms with E-state index in [2.05, 4.69) is 10.2 Å². The Morgan fingerprint density at radius 3 is 2.81 bits per heavy atom. The van der Waals surface area contributed by atoms with Gasteiger partial charge in [-0.25, -0.2) is 0 Å². The average Bonchev–Trinajstić information content (AvgIpc) is 3.16. The van der Waals surface area contributed by atoms with E-state index in [0.29, 0.717) is 30.9 Å². The van der Waals surface area contributed by atoms with Crippen LogP contribution in [0.3, 0.4) is 0 Å². The summed E-state index contributed by atoms with van der Waals surface area (Å²) in [4.78, 5) is 25.3. The van der Waals surface area contributed by atoms with Gasteiger partial charge in [-0.05, 0) is 55.5 Å². The zero-order chi connectivity index (χ0) is 18.5. The number of nitrogens with zero attached hydrogens (tertiary/aromatic N) is 2. The van der Waals surface area contributed by atoms with Crippen LogP contribution in [-0.2, 0) is 4.79 Å². The minimum absolute atomic E-state index is 0.0858. The highest BCUT2D eigenvalue weighted by atomic mass is 16.5. The number of benzene rings is 1. The topological polar surface area (TPSA) is 95.5 Å². The number of carbonyl (C=O) groups excluding carboxylic acids is 1. The summed E-state index contributed by atoms with van der Waals surface area (Å²) in [5, 5.41) is 15.9. The number of rotatable bonds is 6. The summed E-state index contributed by atoms with van der Waals surface area (Å²) in [5.74, 6) is 0.137. The van der Waals surface area contributed by atoms with Gasteiger partial charge >= 0.3 is 5.97 Å². The highest BCUT2D eigenvalue weighted by Crippen LogP contribution is 2.24. The maximum atomic E-state index is 12.7. The number of methoxy groups -OCH3 is 1. The average molecular weight is 357 g/mol. The van der Waals surface area contributed by atoms with E-state index in [1.54, 1.807) is 18.1 Å². The van der Waals surface area contributed by atoms with Crippen LogP contribution in [0.25, 0.3) is 11.3 Å². The molecule has 1 amide bonds. The van der Waals surface area contributed by atoms with E-state index >= 15 is 0 Å². The molecule has 138 valence electrons. The Kier molecular flexibility index (Phi) is 5.55. The summed E-state index contributed by atoms with van der Waals surface area (Å²) in [6, 6.07) is 9.25. The molecule has 2 heterocycles. The van der Waals surface area contributed by atoms with Gasteiger partial charge in [-0.2, -0.15) is 5.10 Å². The fourth-order valence-corrected chi connectivity index (χ4v) is 3.32. The second-order valence-corrected chi connectivity index (χ2v) is 6.59. The molecule has 0 aliphatic carbocycles. The van der Waals surface area contributed by atoms with Gasteiger partial charge in [0.15, 0.2) is 0 Å². The SMILES string of the molecule is COc1ccc(-c2cc(C(=O)N3CCCC(CCC(=O)O)C3)[nH]n2)cc1. The number of carboxylic acid groups (broad SMARTS) is 1. The third-order valence-electron chi connectivity index (χ3n) is 4.77. The number of hydrogen-bond acceptors (Lipinski definition) is 4. The lowest BCUT2D eigenvalue weighted by Crippen LogP contribution is -2.40. The summed E-state index contributed by atoms with van der Waals surface area (Å²) in [6.07, 6.45) is 2.63. The van der Waals surface area contributed by atoms with Crippen LogP contribution in [0.1, 0.15) is 36.2 Å². The molecule has 0 spiro atoms. The zero-order valence-electron chi connectivity index (χ0n) is 14.8. The van der Waals surface area contributed by atoms with Gasteiger partial charge in [0.2, 0.25) is 0 Å². The zero-order valence-corrected chi connectivity index (χ0v) is 14.8. The molecule has 2 N–H and O–H groups in total. The van der Waals surface area contributed by atoms with Crippen LogP contribution in [0.5, 0.6) is 5.75 Å². The Hall–Kier alpha value is -2.83. The molecule has 2 aromatic rings. The van der Waals surface area contributed by atoms with Crippen molar-refractivity contribution in [3.8, 4) is 17.0 Å². The number of hydrogen-bond donors (Lipinski definition) is 2. The predicted octanol–water partition coefficient (Wildman–Crippen LogP) is 2.80. The molecule has 3 rings (SSSR count). The standard InChI is InChI=1S/C19H23N3O4/c1-26-15-7-5-14(6-8-15)16-11-17(21-20-16)19(25)22-10-2-3-13(12-22)4-9-18(23)24/h5-8,11,13H,2-4,9-10,12H2,1H3,(H,20,21)(H,23,24). The molecular weight excluding hydrogens is 334 g/mol. The first-order chi connectivity index (χ1) is 12.6. The summed E-state index contributed by atoms with van der Waals surface area (Å²) in [5.41, 5.74) is 2.06. The fraction of sp³-hybridized carbons (Fsp3) is 0.421. The summed E-state index contributed by atoms with van der Waals surface area (Å²) < 4.78 is 5.15. The van der Waals surface area contributed by atoms with Crippen LogP contribution in [-0.4, -0.2) is 52.3 Å². The molecule has 1 aliphatic heterocycles. The lowest BCUT2D eigenvalue weighted by atomic mass is 9.93. The number of nitrogens with one attached hydrogen (secondary N) is 1. The molecule has 1 aliphatic rings. The van der Waals surface area contributed by atoms with Crippen LogP contribution in [0.15, 0.2) is 30.3 Å². The van der Waals surface area contributed by atoms with Crippen LogP contribution < -0.4 is 4.74 Å². The van der Waals surface area contributed by atoms with Crippen LogP contribution >= 0.6 is 0 Å². The lowest BCUT2D eigenvalue weighted by molar-refractivity contribution is -0.137. The second-order valence-electron chi connectivity index (χ2n) is 6.59. The molecule has 1 unspecified atom stereocenters. The van der Waals surface area contributed by atoms with Crippen molar-refractivity contribution in [1.29, 1.82) is 0 Å². The molecule has 7 nitrogen and oxygen atoms in total. The van der Waals surface area contributed by atoms with Crippen molar-refractivity contribution in [2.45, 2.75) is 25.7 Å². The largest absolute Gasteiger partial charge is 0.497 e. The quantitative estimate of drug-likeness (QED) is 0.829. The number of piperidine rings is 1. The highest BCUT2D eigenvalue weighted by Gasteiger charge is 2.26. The first kappa shape index (κ1) is 18.0. The number of H-pyrrole nitrogens is 1.